The molecule has 1 N–H and O–H groups in total. The molecule has 0 unspecified atom stereocenters. The van der Waals surface area contributed by atoms with Gasteiger partial charge in [-0.15, -0.1) is 0 Å². The van der Waals surface area contributed by atoms with E-state index in [1.54, 1.807) is 0 Å². The lowest BCUT2D eigenvalue weighted by atomic mass is 9.92. The number of anilines is 1. The minimum absolute atomic E-state index is 0.529. The minimum atomic E-state index is 0.529. The Morgan fingerprint density at radius 3 is 2.10 bits per heavy atom. The third kappa shape index (κ3) is 3.52. The molecule has 0 saturated carbocycles. The van der Waals surface area contributed by atoms with Crippen LogP contribution in [0.2, 0.25) is 0 Å². The molecule has 2 nitrogen and oxygen atoms in total. The molecule has 0 radical (unpaired) electrons. The van der Waals surface area contributed by atoms with Crippen LogP contribution in [-0.4, -0.2) is 0 Å². The summed E-state index contributed by atoms with van der Waals surface area (Å²) in [7, 11) is 0. The van der Waals surface area contributed by atoms with E-state index in [9.17, 15) is 0 Å². The summed E-state index contributed by atoms with van der Waals surface area (Å²) < 4.78 is 6.31. The Morgan fingerprint density at radius 2 is 1.47 bits per heavy atom. The normalized spacial score (nSPS) is 11.4. The van der Waals surface area contributed by atoms with E-state index in [1.807, 2.05) is 0 Å². The van der Waals surface area contributed by atoms with E-state index < -0.39 is 0 Å². The molecule has 1 heterocycles. The van der Waals surface area contributed by atoms with E-state index in [-0.39, 0.29) is 0 Å². The van der Waals surface area contributed by atoms with Crippen LogP contribution in [0.25, 0.3) is 22.1 Å². The molecule has 0 aliphatic heterocycles. The zero-order chi connectivity index (χ0) is 21.4. The van der Waals surface area contributed by atoms with Gasteiger partial charge in [0.15, 0.2) is 0 Å². The van der Waals surface area contributed by atoms with Gasteiger partial charge in [0.25, 0.3) is 0 Å². The Balaban J connectivity index is 1.84. The molecule has 4 aromatic rings. The van der Waals surface area contributed by atoms with Crippen molar-refractivity contribution in [2.45, 2.75) is 54.0 Å². The maximum absolute atomic E-state index is 6.31. The van der Waals surface area contributed by atoms with Gasteiger partial charge in [-0.25, -0.2) is 0 Å². The summed E-state index contributed by atoms with van der Waals surface area (Å²) in [5, 5.41) is 4.93. The first-order chi connectivity index (χ1) is 14.4. The van der Waals surface area contributed by atoms with Gasteiger partial charge in [0.2, 0.25) is 0 Å². The van der Waals surface area contributed by atoms with Crippen molar-refractivity contribution < 1.29 is 4.42 Å². The summed E-state index contributed by atoms with van der Waals surface area (Å²) >= 11 is 0. The lowest BCUT2D eigenvalue weighted by Gasteiger charge is -2.17. The Kier molecular flexibility index (Phi) is 5.42. The maximum atomic E-state index is 6.31. The van der Waals surface area contributed by atoms with Crippen molar-refractivity contribution in [1.29, 1.82) is 0 Å². The minimum Gasteiger partial charge on any atom is -0.460 e. The highest BCUT2D eigenvalue weighted by atomic mass is 16.3. The quantitative estimate of drug-likeness (QED) is 0.368. The summed E-state index contributed by atoms with van der Waals surface area (Å²) in [6.07, 6.45) is 0. The highest BCUT2D eigenvalue weighted by Gasteiger charge is 2.21. The summed E-state index contributed by atoms with van der Waals surface area (Å²) in [5.41, 5.74) is 11.0. The lowest BCUT2D eigenvalue weighted by molar-refractivity contribution is 0.577. The molecule has 1 aromatic heterocycles. The zero-order valence-corrected chi connectivity index (χ0v) is 18.9. The molecule has 0 saturated heterocycles. The van der Waals surface area contributed by atoms with Crippen molar-refractivity contribution in [3.05, 3.63) is 88.2 Å². The molecule has 0 bridgehead atoms. The summed E-state index contributed by atoms with van der Waals surface area (Å²) in [6, 6.07) is 19.5. The van der Waals surface area contributed by atoms with Crippen LogP contribution in [0.15, 0.2) is 59.0 Å². The fraction of sp³-hybridized carbons (Fsp3) is 0.286. The summed E-state index contributed by atoms with van der Waals surface area (Å²) in [6.45, 7) is 13.9. The number of hydrogen-bond donors (Lipinski definition) is 1. The molecule has 0 spiro atoms. The average Bonchev–Trinajstić information content (AvgIpc) is 3.10. The first-order valence-electron chi connectivity index (χ1n) is 10.8. The van der Waals surface area contributed by atoms with Crippen molar-refractivity contribution in [3.8, 4) is 11.1 Å². The molecule has 0 aliphatic carbocycles. The predicted molar refractivity (Wildman–Crippen MR) is 128 cm³/mol. The SMILES string of the molecule is Cc1oc2c(C)c(C)c(NCc3ccccc3)c(C)c2c1-c1ccc(C(C)C)cc1. The van der Waals surface area contributed by atoms with Gasteiger partial charge in [-0.2, -0.15) is 0 Å². The highest BCUT2D eigenvalue weighted by Crippen LogP contribution is 2.42. The van der Waals surface area contributed by atoms with Gasteiger partial charge in [0.05, 0.1) is 0 Å². The topological polar surface area (TPSA) is 25.2 Å². The van der Waals surface area contributed by atoms with Crippen molar-refractivity contribution >= 4 is 16.7 Å². The fourth-order valence-corrected chi connectivity index (χ4v) is 4.36. The maximum Gasteiger partial charge on any atom is 0.138 e. The molecule has 0 fully saturated rings. The van der Waals surface area contributed by atoms with Gasteiger partial charge in [-0.05, 0) is 67.0 Å². The number of aryl methyl sites for hydroxylation is 3. The molecule has 4 rings (SSSR count). The third-order valence-corrected chi connectivity index (χ3v) is 6.29. The van der Waals surface area contributed by atoms with Crippen LogP contribution in [0.4, 0.5) is 5.69 Å². The first kappa shape index (κ1) is 20.3. The molecular formula is C28H31NO. The highest BCUT2D eigenvalue weighted by molar-refractivity contribution is 6.02. The fourth-order valence-electron chi connectivity index (χ4n) is 4.36. The van der Waals surface area contributed by atoms with Crippen molar-refractivity contribution in [2.75, 3.05) is 5.32 Å². The molecular weight excluding hydrogens is 366 g/mol. The van der Waals surface area contributed by atoms with Crippen LogP contribution in [0, 0.1) is 27.7 Å². The summed E-state index contributed by atoms with van der Waals surface area (Å²) in [4.78, 5) is 0. The van der Waals surface area contributed by atoms with Crippen LogP contribution in [-0.2, 0) is 6.54 Å². The Morgan fingerprint density at radius 1 is 0.800 bits per heavy atom. The van der Waals surface area contributed by atoms with E-state index in [0.717, 1.165) is 17.9 Å². The van der Waals surface area contributed by atoms with Crippen LogP contribution >= 0.6 is 0 Å². The molecule has 0 atom stereocenters. The second-order valence-corrected chi connectivity index (χ2v) is 8.60. The molecule has 30 heavy (non-hydrogen) atoms. The van der Waals surface area contributed by atoms with Crippen LogP contribution in [0.1, 0.15) is 53.3 Å². The van der Waals surface area contributed by atoms with Gasteiger partial charge in [0, 0.05) is 23.2 Å². The third-order valence-electron chi connectivity index (χ3n) is 6.29. The number of nitrogens with one attached hydrogen (secondary N) is 1. The second kappa shape index (κ2) is 8.02. The Labute approximate surface area is 179 Å². The second-order valence-electron chi connectivity index (χ2n) is 8.60. The van der Waals surface area contributed by atoms with Crippen LogP contribution in [0.5, 0.6) is 0 Å². The zero-order valence-electron chi connectivity index (χ0n) is 18.9. The molecule has 0 aliphatic rings. The number of benzene rings is 3. The number of fused-ring (bicyclic) bond motifs is 1. The molecule has 0 amide bonds. The van der Waals surface area contributed by atoms with Gasteiger partial charge < -0.3 is 9.73 Å². The van der Waals surface area contributed by atoms with Crippen molar-refractivity contribution in [3.63, 3.8) is 0 Å². The van der Waals surface area contributed by atoms with Crippen LogP contribution in [0.3, 0.4) is 0 Å². The van der Waals surface area contributed by atoms with E-state index in [4.69, 9.17) is 4.42 Å². The number of furan rings is 1. The van der Waals surface area contributed by atoms with Crippen molar-refractivity contribution in [2.24, 2.45) is 0 Å². The van der Waals surface area contributed by atoms with Gasteiger partial charge in [-0.3, -0.25) is 0 Å². The van der Waals surface area contributed by atoms with E-state index in [0.29, 0.717) is 5.92 Å². The molecule has 154 valence electrons. The van der Waals surface area contributed by atoms with Gasteiger partial charge >= 0.3 is 0 Å². The Hall–Kier alpha value is -3.00. The van der Waals surface area contributed by atoms with Crippen LogP contribution < -0.4 is 5.32 Å². The van der Waals surface area contributed by atoms with E-state index in [1.165, 1.54) is 50.0 Å². The lowest BCUT2D eigenvalue weighted by Crippen LogP contribution is -2.04. The number of rotatable bonds is 5. The Bertz CT molecular complexity index is 1180. The monoisotopic (exact) mass is 397 g/mol. The largest absolute Gasteiger partial charge is 0.460 e. The molecule has 3 aromatic carbocycles. The smallest absolute Gasteiger partial charge is 0.138 e. The standard InChI is InChI=1S/C28H31NO/c1-17(2)23-12-14-24(15-13-23)26-21(6)30-28-19(4)18(3)27(20(5)25(26)28)29-16-22-10-8-7-9-11-22/h7-15,17,29H,16H2,1-6H3. The number of hydrogen-bond acceptors (Lipinski definition) is 2. The van der Waals surface area contributed by atoms with Gasteiger partial charge in [0.1, 0.15) is 11.3 Å². The van der Waals surface area contributed by atoms with E-state index in [2.05, 4.69) is 101 Å². The summed E-state index contributed by atoms with van der Waals surface area (Å²) in [5.74, 6) is 1.51. The molecule has 2 heteroatoms. The van der Waals surface area contributed by atoms with Gasteiger partial charge in [-0.1, -0.05) is 68.4 Å². The predicted octanol–water partition coefficient (Wildman–Crippen LogP) is 8.07. The van der Waals surface area contributed by atoms with E-state index >= 15 is 0 Å². The van der Waals surface area contributed by atoms with Crippen molar-refractivity contribution in [1.82, 2.24) is 0 Å². The first-order valence-corrected chi connectivity index (χ1v) is 10.8. The average molecular weight is 398 g/mol.